The normalized spacial score (nSPS) is 11.1. The van der Waals surface area contributed by atoms with Gasteiger partial charge in [0.2, 0.25) is 0 Å². The summed E-state index contributed by atoms with van der Waals surface area (Å²) in [5.41, 5.74) is -0.511. The fourth-order valence-electron chi connectivity index (χ4n) is 3.17. The largest absolute Gasteiger partial charge is 0.251 e. The number of unbranched alkanes of at least 4 members (excludes halogenated alkanes) is 1. The summed E-state index contributed by atoms with van der Waals surface area (Å²) >= 11 is 0. The van der Waals surface area contributed by atoms with Crippen molar-refractivity contribution < 1.29 is 26.3 Å². The van der Waals surface area contributed by atoms with Crippen molar-refractivity contribution in [2.45, 2.75) is 26.2 Å². The Morgan fingerprint density at radius 2 is 1.24 bits per heavy atom. The number of alkyl halides is 1. The molecule has 0 aliphatic heterocycles. The maximum Gasteiger partial charge on any atom is 0.134 e. The first-order valence-electron chi connectivity index (χ1n) is 9.11. The number of rotatable bonds is 6. The van der Waals surface area contributed by atoms with E-state index in [2.05, 4.69) is 0 Å². The molecule has 152 valence electrons. The third-order valence-electron chi connectivity index (χ3n) is 4.81. The van der Waals surface area contributed by atoms with Crippen molar-refractivity contribution in [3.05, 3.63) is 82.7 Å². The number of benzene rings is 3. The molecule has 0 amide bonds. The van der Waals surface area contributed by atoms with Gasteiger partial charge < -0.3 is 0 Å². The van der Waals surface area contributed by atoms with Gasteiger partial charge in [-0.05, 0) is 73.2 Å². The molecule has 0 atom stereocenters. The van der Waals surface area contributed by atoms with Gasteiger partial charge in [0, 0.05) is 11.1 Å². The molecular weight excluding hydrogens is 390 g/mol. The molecule has 3 aromatic carbocycles. The molecule has 0 saturated heterocycles. The fourth-order valence-corrected chi connectivity index (χ4v) is 3.17. The summed E-state index contributed by atoms with van der Waals surface area (Å²) in [5, 5.41) is 0. The molecule has 0 bridgehead atoms. The van der Waals surface area contributed by atoms with Gasteiger partial charge in [-0.3, -0.25) is 4.39 Å². The smallest absolute Gasteiger partial charge is 0.134 e. The molecule has 6 heteroatoms. The van der Waals surface area contributed by atoms with Crippen molar-refractivity contribution in [1.82, 2.24) is 0 Å². The van der Waals surface area contributed by atoms with Gasteiger partial charge in [-0.1, -0.05) is 12.1 Å². The van der Waals surface area contributed by atoms with Gasteiger partial charge in [0.1, 0.15) is 29.1 Å². The Bertz CT molecular complexity index is 996. The predicted molar refractivity (Wildman–Crippen MR) is 101 cm³/mol. The van der Waals surface area contributed by atoms with E-state index in [-0.39, 0.29) is 22.3 Å². The molecule has 0 nitrogen and oxygen atoms in total. The maximum absolute atomic E-state index is 14.6. The summed E-state index contributed by atoms with van der Waals surface area (Å²) in [6.45, 7) is 0.772. The summed E-state index contributed by atoms with van der Waals surface area (Å²) in [5.74, 6) is -4.63. The molecule has 0 radical (unpaired) electrons. The van der Waals surface area contributed by atoms with Crippen LogP contribution in [0.25, 0.3) is 22.3 Å². The van der Waals surface area contributed by atoms with E-state index in [1.165, 1.54) is 19.1 Å². The van der Waals surface area contributed by atoms with E-state index in [1.54, 1.807) is 6.07 Å². The highest BCUT2D eigenvalue weighted by Crippen LogP contribution is 2.33. The molecule has 0 aromatic heterocycles. The maximum atomic E-state index is 14.6. The lowest BCUT2D eigenvalue weighted by atomic mass is 9.96. The minimum Gasteiger partial charge on any atom is -0.251 e. The molecule has 0 fully saturated rings. The monoisotopic (exact) mass is 408 g/mol. The average molecular weight is 408 g/mol. The molecule has 0 heterocycles. The van der Waals surface area contributed by atoms with E-state index < -0.39 is 41.3 Å². The van der Waals surface area contributed by atoms with E-state index in [4.69, 9.17) is 0 Å². The zero-order chi connectivity index (χ0) is 21.1. The molecule has 3 rings (SSSR count). The number of hydrogen-bond acceptors (Lipinski definition) is 0. The van der Waals surface area contributed by atoms with Crippen molar-refractivity contribution >= 4 is 0 Å². The Kier molecular flexibility index (Phi) is 6.30. The van der Waals surface area contributed by atoms with Gasteiger partial charge >= 0.3 is 0 Å². The third kappa shape index (κ3) is 4.47. The Hall–Kier alpha value is -2.76. The quantitative estimate of drug-likeness (QED) is 0.296. The van der Waals surface area contributed by atoms with Crippen LogP contribution < -0.4 is 0 Å². The van der Waals surface area contributed by atoms with Crippen molar-refractivity contribution in [1.29, 1.82) is 0 Å². The van der Waals surface area contributed by atoms with Gasteiger partial charge in [-0.15, -0.1) is 0 Å². The minimum absolute atomic E-state index is 0.00939. The van der Waals surface area contributed by atoms with Crippen LogP contribution in [0.15, 0.2) is 42.5 Å². The SMILES string of the molecule is Cc1c(F)cc(-c2c(F)cc(-c3ccc(CCCCF)cc3F)cc2F)cc1F. The number of aryl methyl sites for hydroxylation is 1. The zero-order valence-electron chi connectivity index (χ0n) is 15.6. The summed E-state index contributed by atoms with van der Waals surface area (Å²) in [6.07, 6.45) is 1.44. The van der Waals surface area contributed by atoms with Crippen LogP contribution in [0.1, 0.15) is 24.0 Å². The molecule has 0 aliphatic carbocycles. The van der Waals surface area contributed by atoms with Gasteiger partial charge in [-0.2, -0.15) is 0 Å². The van der Waals surface area contributed by atoms with Crippen molar-refractivity contribution in [2.24, 2.45) is 0 Å². The minimum atomic E-state index is -1.06. The highest BCUT2D eigenvalue weighted by molar-refractivity contribution is 5.72. The van der Waals surface area contributed by atoms with E-state index in [0.29, 0.717) is 24.8 Å². The summed E-state index contributed by atoms with van der Waals surface area (Å²) in [7, 11) is 0. The molecule has 3 aromatic rings. The first-order chi connectivity index (χ1) is 13.8. The first-order valence-corrected chi connectivity index (χ1v) is 9.11. The van der Waals surface area contributed by atoms with Crippen LogP contribution in [0.2, 0.25) is 0 Å². The van der Waals surface area contributed by atoms with E-state index in [1.807, 2.05) is 0 Å². The molecular formula is C23H18F6. The predicted octanol–water partition coefficient (Wildman–Crippen LogP) is 7.32. The summed E-state index contributed by atoms with van der Waals surface area (Å²) < 4.78 is 83.4. The number of halogens is 6. The zero-order valence-corrected chi connectivity index (χ0v) is 15.6. The average Bonchev–Trinajstić information content (AvgIpc) is 2.65. The standard InChI is InChI=1S/C23H18F6/c1-13-18(25)11-16(12-19(13)26)23-21(28)9-15(10-22(23)29)17-6-5-14(8-20(17)27)4-2-3-7-24/h5-6,8-12H,2-4,7H2,1H3. The van der Waals surface area contributed by atoms with Crippen LogP contribution in [0.4, 0.5) is 26.3 Å². The fraction of sp³-hybridized carbons (Fsp3) is 0.217. The van der Waals surface area contributed by atoms with Crippen LogP contribution in [0.5, 0.6) is 0 Å². The Morgan fingerprint density at radius 1 is 0.655 bits per heavy atom. The topological polar surface area (TPSA) is 0 Å². The van der Waals surface area contributed by atoms with Gasteiger partial charge in [0.05, 0.1) is 12.2 Å². The lowest BCUT2D eigenvalue weighted by Crippen LogP contribution is -1.97. The van der Waals surface area contributed by atoms with Crippen LogP contribution in [-0.2, 0) is 6.42 Å². The van der Waals surface area contributed by atoms with Crippen LogP contribution in [0, 0.1) is 36.0 Å². The molecule has 0 spiro atoms. The van der Waals surface area contributed by atoms with Crippen LogP contribution in [0.3, 0.4) is 0 Å². The third-order valence-corrected chi connectivity index (χ3v) is 4.81. The Balaban J connectivity index is 1.98. The van der Waals surface area contributed by atoms with E-state index in [0.717, 1.165) is 24.3 Å². The molecule has 0 saturated carbocycles. The second kappa shape index (κ2) is 8.72. The van der Waals surface area contributed by atoms with Crippen LogP contribution >= 0.6 is 0 Å². The van der Waals surface area contributed by atoms with Crippen molar-refractivity contribution in [3.8, 4) is 22.3 Å². The number of hydrogen-bond donors (Lipinski definition) is 0. The Labute approximate surface area is 164 Å². The first kappa shape index (κ1) is 21.0. The summed E-state index contributed by atoms with van der Waals surface area (Å²) in [6, 6.07) is 7.83. The molecule has 0 unspecified atom stereocenters. The second-order valence-corrected chi connectivity index (χ2v) is 6.84. The highest BCUT2D eigenvalue weighted by atomic mass is 19.2. The van der Waals surface area contributed by atoms with Gasteiger partial charge in [0.15, 0.2) is 0 Å². The molecule has 0 N–H and O–H groups in total. The second-order valence-electron chi connectivity index (χ2n) is 6.84. The Morgan fingerprint density at radius 3 is 1.79 bits per heavy atom. The lowest BCUT2D eigenvalue weighted by molar-refractivity contribution is 0.462. The van der Waals surface area contributed by atoms with E-state index in [9.17, 15) is 26.3 Å². The molecule has 0 aliphatic rings. The summed E-state index contributed by atoms with van der Waals surface area (Å²) in [4.78, 5) is 0. The van der Waals surface area contributed by atoms with E-state index >= 15 is 0 Å². The van der Waals surface area contributed by atoms with Crippen LogP contribution in [-0.4, -0.2) is 6.67 Å². The highest BCUT2D eigenvalue weighted by Gasteiger charge is 2.18. The lowest BCUT2D eigenvalue weighted by Gasteiger charge is -2.11. The van der Waals surface area contributed by atoms with Gasteiger partial charge in [-0.25, -0.2) is 22.0 Å². The van der Waals surface area contributed by atoms with Crippen molar-refractivity contribution in [2.75, 3.05) is 6.67 Å². The molecule has 29 heavy (non-hydrogen) atoms. The van der Waals surface area contributed by atoms with Crippen molar-refractivity contribution in [3.63, 3.8) is 0 Å². The van der Waals surface area contributed by atoms with Gasteiger partial charge in [0.25, 0.3) is 0 Å².